The lowest BCUT2D eigenvalue weighted by atomic mass is 9.98. The van der Waals surface area contributed by atoms with Crippen molar-refractivity contribution in [2.75, 3.05) is 9.80 Å². The van der Waals surface area contributed by atoms with E-state index in [2.05, 4.69) is 384 Å². The number of aryl methyl sites for hydroxylation is 1. The highest BCUT2D eigenvalue weighted by Gasteiger charge is 2.24. The highest BCUT2D eigenvalue weighted by Crippen LogP contribution is 2.47. The van der Waals surface area contributed by atoms with Gasteiger partial charge in [-0.05, 0) is 140 Å². The second kappa shape index (κ2) is 23.6. The zero-order valence-electron chi connectivity index (χ0n) is 50.4. The SMILES string of the molecule is Cn1c(-c2ccc(N(c3ccc4ccccc4c3)c3cccc4ccccc34)cc2)c(-c2ccccc2)c2ccccc21.c1ccc(-c2c(-c3ccccc3)n(-c3ccc(N(c4ccc5ccccc5c4)c4cccc5ccccc45)cc3)c3ccccc23)cc1. The lowest BCUT2D eigenvalue weighted by Crippen LogP contribution is -2.10. The molecule has 0 spiro atoms. The summed E-state index contributed by atoms with van der Waals surface area (Å²) in [6.45, 7) is 0. The molecule has 0 N–H and O–H groups in total. The van der Waals surface area contributed by atoms with E-state index in [-0.39, 0.29) is 0 Å². The van der Waals surface area contributed by atoms with Crippen LogP contribution >= 0.6 is 0 Å². The zero-order valence-corrected chi connectivity index (χ0v) is 50.4. The average molecular weight is 1160 g/mol. The summed E-state index contributed by atoms with van der Waals surface area (Å²) in [5.74, 6) is 0. The number of rotatable bonds is 11. The van der Waals surface area contributed by atoms with Crippen molar-refractivity contribution in [2.24, 2.45) is 7.05 Å². The maximum atomic E-state index is 2.43. The van der Waals surface area contributed by atoms with E-state index >= 15 is 0 Å². The fourth-order valence-electron chi connectivity index (χ4n) is 13.7. The highest BCUT2D eigenvalue weighted by molar-refractivity contribution is 6.08. The van der Waals surface area contributed by atoms with Crippen molar-refractivity contribution in [3.05, 3.63) is 358 Å². The highest BCUT2D eigenvalue weighted by atomic mass is 15.2. The van der Waals surface area contributed by atoms with Crippen molar-refractivity contribution in [1.82, 2.24) is 9.13 Å². The fourth-order valence-corrected chi connectivity index (χ4v) is 13.7. The first kappa shape index (κ1) is 54.4. The summed E-state index contributed by atoms with van der Waals surface area (Å²) in [7, 11) is 2.18. The van der Waals surface area contributed by atoms with Gasteiger partial charge in [0.2, 0.25) is 0 Å². The molecule has 0 unspecified atom stereocenters. The fraction of sp³-hybridized carbons (Fsp3) is 0.0115. The number of hydrogen-bond acceptors (Lipinski definition) is 2. The number of hydrogen-bond donors (Lipinski definition) is 0. The molecule has 0 saturated carbocycles. The van der Waals surface area contributed by atoms with Crippen molar-refractivity contribution in [3.8, 4) is 50.5 Å². The summed E-state index contributed by atoms with van der Waals surface area (Å²) >= 11 is 0. The summed E-state index contributed by atoms with van der Waals surface area (Å²) in [6, 6.07) is 129. The molecule has 17 rings (SSSR count). The van der Waals surface area contributed by atoms with Crippen LogP contribution in [0.1, 0.15) is 0 Å². The van der Waals surface area contributed by atoms with Gasteiger partial charge in [-0.15, -0.1) is 0 Å². The van der Waals surface area contributed by atoms with Crippen LogP contribution in [-0.2, 0) is 7.05 Å². The second-order valence-electron chi connectivity index (χ2n) is 23.3. The van der Waals surface area contributed by atoms with E-state index in [1.54, 1.807) is 0 Å². The van der Waals surface area contributed by atoms with Crippen molar-refractivity contribution < 1.29 is 0 Å². The molecule has 0 fully saturated rings. The van der Waals surface area contributed by atoms with Crippen molar-refractivity contribution >= 4 is 99.0 Å². The molecule has 0 aliphatic carbocycles. The molecule has 0 bridgehead atoms. The Bertz CT molecular complexity index is 5460. The van der Waals surface area contributed by atoms with Crippen molar-refractivity contribution in [1.29, 1.82) is 0 Å². The molecule has 17 aromatic rings. The minimum atomic E-state index is 1.10. The van der Waals surface area contributed by atoms with Crippen LogP contribution in [0.25, 0.3) is 115 Å². The van der Waals surface area contributed by atoms with Gasteiger partial charge in [0.25, 0.3) is 0 Å². The third-order valence-electron chi connectivity index (χ3n) is 17.9. The number of anilines is 6. The van der Waals surface area contributed by atoms with E-state index in [0.717, 1.165) is 39.8 Å². The largest absolute Gasteiger partial charge is 0.343 e. The number of nitrogens with zero attached hydrogens (tertiary/aromatic N) is 4. The summed E-state index contributed by atoms with van der Waals surface area (Å²) in [4.78, 5) is 4.78. The summed E-state index contributed by atoms with van der Waals surface area (Å²) in [6.07, 6.45) is 0. The van der Waals surface area contributed by atoms with Gasteiger partial charge in [-0.2, -0.15) is 0 Å². The molecule has 0 radical (unpaired) electrons. The van der Waals surface area contributed by atoms with Crippen LogP contribution in [0.15, 0.2) is 358 Å². The van der Waals surface area contributed by atoms with Crippen LogP contribution < -0.4 is 9.80 Å². The third kappa shape index (κ3) is 10.0. The van der Waals surface area contributed by atoms with Gasteiger partial charge in [-0.3, -0.25) is 0 Å². The lowest BCUT2D eigenvalue weighted by molar-refractivity contribution is 0.979. The van der Waals surface area contributed by atoms with Crippen LogP contribution in [0.2, 0.25) is 0 Å². The van der Waals surface area contributed by atoms with Gasteiger partial charge < -0.3 is 18.9 Å². The molecule has 0 amide bonds. The van der Waals surface area contributed by atoms with E-state index in [1.165, 1.54) is 110 Å². The Morgan fingerprint density at radius 3 is 1.09 bits per heavy atom. The minimum absolute atomic E-state index is 1.10. The molecule has 4 nitrogen and oxygen atoms in total. The van der Waals surface area contributed by atoms with Crippen LogP contribution in [0.3, 0.4) is 0 Å². The molecule has 0 aliphatic rings. The normalized spacial score (nSPS) is 11.4. The summed E-state index contributed by atoms with van der Waals surface area (Å²) in [5.41, 5.74) is 20.1. The third-order valence-corrected chi connectivity index (χ3v) is 17.9. The van der Waals surface area contributed by atoms with Crippen molar-refractivity contribution in [3.63, 3.8) is 0 Å². The molecule has 2 aromatic heterocycles. The van der Waals surface area contributed by atoms with E-state index in [4.69, 9.17) is 0 Å². The van der Waals surface area contributed by atoms with Gasteiger partial charge in [0.1, 0.15) is 0 Å². The molecule has 0 saturated heterocycles. The van der Waals surface area contributed by atoms with Gasteiger partial charge in [-0.25, -0.2) is 0 Å². The number of aromatic nitrogens is 2. The molecule has 0 aliphatic heterocycles. The lowest BCUT2D eigenvalue weighted by Gasteiger charge is -2.27. The first-order valence-electron chi connectivity index (χ1n) is 31.2. The summed E-state index contributed by atoms with van der Waals surface area (Å²) in [5, 5.41) is 12.3. The Balaban J connectivity index is 0.000000146. The first-order chi connectivity index (χ1) is 45.1. The van der Waals surface area contributed by atoms with E-state index in [1.807, 2.05) is 0 Å². The molecule has 4 heteroatoms. The van der Waals surface area contributed by atoms with Gasteiger partial charge >= 0.3 is 0 Å². The molecular weight excluding hydrogens is 1100 g/mol. The van der Waals surface area contributed by atoms with Gasteiger partial charge in [0.05, 0.1) is 28.3 Å². The Labute approximate surface area is 530 Å². The van der Waals surface area contributed by atoms with E-state index < -0.39 is 0 Å². The van der Waals surface area contributed by atoms with Crippen LogP contribution in [0.4, 0.5) is 34.1 Å². The molecule has 91 heavy (non-hydrogen) atoms. The van der Waals surface area contributed by atoms with Gasteiger partial charge in [-0.1, -0.05) is 273 Å². The van der Waals surface area contributed by atoms with E-state index in [0.29, 0.717) is 0 Å². The molecule has 15 aromatic carbocycles. The summed E-state index contributed by atoms with van der Waals surface area (Å²) < 4.78 is 4.76. The Morgan fingerprint density at radius 1 is 0.231 bits per heavy atom. The molecule has 0 atom stereocenters. The topological polar surface area (TPSA) is 16.3 Å². The first-order valence-corrected chi connectivity index (χ1v) is 31.2. The predicted octanol–water partition coefficient (Wildman–Crippen LogP) is 24.0. The molecule has 430 valence electrons. The van der Waals surface area contributed by atoms with Gasteiger partial charge in [0, 0.05) is 73.7 Å². The standard InChI is InChI=1S/C46H32N2.C41H30N2/c1-3-16-35(17-4-1)45-42-23-11-12-24-44(42)48(46(45)36-18-5-2-6-19-36)39-30-28-38(29-31-39)47(40-27-26-33-14-7-8-20-37(33)32-40)43-25-13-21-34-15-9-10-22-41(34)43;1-42-38-20-10-9-19-37(38)40(31-14-3-2-4-15-31)41(42)32-23-25-34(26-24-32)43(35-27-22-29-12-5-6-16-33(29)28-35)39-21-11-17-30-13-7-8-18-36(30)39/h1-32H;2-28H,1H3. The number of fused-ring (bicyclic) bond motifs is 6. The molecular formula is C87H62N4. The maximum absolute atomic E-state index is 2.43. The van der Waals surface area contributed by atoms with Crippen molar-refractivity contribution in [2.45, 2.75) is 0 Å². The zero-order chi connectivity index (χ0) is 60.6. The van der Waals surface area contributed by atoms with Crippen LogP contribution in [-0.4, -0.2) is 9.13 Å². The number of benzene rings is 15. The maximum Gasteiger partial charge on any atom is 0.0619 e. The Morgan fingerprint density at radius 2 is 0.582 bits per heavy atom. The second-order valence-corrected chi connectivity index (χ2v) is 23.3. The minimum Gasteiger partial charge on any atom is -0.343 e. The Hall–Kier alpha value is -12.0. The predicted molar refractivity (Wildman–Crippen MR) is 387 cm³/mol. The van der Waals surface area contributed by atoms with Crippen LogP contribution in [0.5, 0.6) is 0 Å². The average Bonchev–Trinajstić information content (AvgIpc) is 1.94. The van der Waals surface area contributed by atoms with Crippen LogP contribution in [0, 0.1) is 0 Å². The van der Waals surface area contributed by atoms with Gasteiger partial charge in [0.15, 0.2) is 0 Å². The monoisotopic (exact) mass is 1160 g/mol. The smallest absolute Gasteiger partial charge is 0.0619 e. The number of para-hydroxylation sites is 2. The molecule has 2 heterocycles. The quantitative estimate of drug-likeness (QED) is 0.128. The Kier molecular flexibility index (Phi) is 14.1. The van der Waals surface area contributed by atoms with E-state index in [9.17, 15) is 0 Å².